The Balaban J connectivity index is 1.59. The van der Waals surface area contributed by atoms with Crippen LogP contribution in [0.3, 0.4) is 0 Å². The fourth-order valence-corrected chi connectivity index (χ4v) is 3.52. The standard InChI is InChI=1S/C20H23N5O2/c1-13(2)16-12-18(23(3)22-16)19(26)24-10-8-14(9-11-24)25-17-7-5-4-6-15(17)21-20(25)27/h4-8,12-13H,9-11H2,1-3H3,(H,21,27). The number of benzene rings is 1. The van der Waals surface area contributed by atoms with Gasteiger partial charge in [-0.05, 0) is 30.2 Å². The molecule has 0 unspecified atom stereocenters. The molecule has 3 aromatic rings. The van der Waals surface area contributed by atoms with Gasteiger partial charge in [-0.25, -0.2) is 4.79 Å². The maximum absolute atomic E-state index is 12.9. The molecule has 27 heavy (non-hydrogen) atoms. The minimum Gasteiger partial charge on any atom is -0.333 e. The van der Waals surface area contributed by atoms with Crippen molar-refractivity contribution in [3.63, 3.8) is 0 Å². The second kappa shape index (κ2) is 6.57. The van der Waals surface area contributed by atoms with E-state index in [0.717, 1.165) is 22.4 Å². The third kappa shape index (κ3) is 2.99. The third-order valence-corrected chi connectivity index (χ3v) is 5.06. The highest BCUT2D eigenvalue weighted by Gasteiger charge is 2.24. The number of rotatable bonds is 3. The summed E-state index contributed by atoms with van der Waals surface area (Å²) >= 11 is 0. The molecule has 0 bridgehead atoms. The molecule has 0 saturated carbocycles. The van der Waals surface area contributed by atoms with Gasteiger partial charge >= 0.3 is 5.69 Å². The number of hydrogen-bond donors (Lipinski definition) is 1. The maximum Gasteiger partial charge on any atom is 0.330 e. The van der Waals surface area contributed by atoms with Crippen LogP contribution < -0.4 is 5.69 Å². The van der Waals surface area contributed by atoms with E-state index in [-0.39, 0.29) is 17.5 Å². The van der Waals surface area contributed by atoms with Crippen LogP contribution in [-0.2, 0) is 7.05 Å². The van der Waals surface area contributed by atoms with Crippen LogP contribution in [0.5, 0.6) is 0 Å². The van der Waals surface area contributed by atoms with Gasteiger partial charge in [-0.2, -0.15) is 5.10 Å². The molecular formula is C20H23N5O2. The number of aromatic amines is 1. The van der Waals surface area contributed by atoms with Crippen LogP contribution in [0.1, 0.15) is 42.4 Å². The summed E-state index contributed by atoms with van der Waals surface area (Å²) in [5.41, 5.74) is 3.98. The van der Waals surface area contributed by atoms with Crippen LogP contribution in [0.2, 0.25) is 0 Å². The van der Waals surface area contributed by atoms with Crippen molar-refractivity contribution < 1.29 is 4.79 Å². The van der Waals surface area contributed by atoms with Crippen LogP contribution in [0.4, 0.5) is 0 Å². The monoisotopic (exact) mass is 365 g/mol. The predicted molar refractivity (Wildman–Crippen MR) is 105 cm³/mol. The number of hydrogen-bond acceptors (Lipinski definition) is 3. The van der Waals surface area contributed by atoms with E-state index in [0.29, 0.717) is 25.2 Å². The minimum absolute atomic E-state index is 0.0292. The molecule has 0 saturated heterocycles. The minimum atomic E-state index is -0.143. The van der Waals surface area contributed by atoms with E-state index in [1.54, 1.807) is 21.2 Å². The summed E-state index contributed by atoms with van der Waals surface area (Å²) in [6, 6.07) is 9.50. The molecule has 1 N–H and O–H groups in total. The SMILES string of the molecule is CC(C)c1cc(C(=O)N2CC=C(n3c(=O)[nH]c4ccccc43)CC2)n(C)n1. The molecule has 7 nitrogen and oxygen atoms in total. The fourth-order valence-electron chi connectivity index (χ4n) is 3.52. The zero-order valence-electron chi connectivity index (χ0n) is 15.8. The number of imidazole rings is 1. The molecule has 0 spiro atoms. The van der Waals surface area contributed by atoms with E-state index in [9.17, 15) is 9.59 Å². The Morgan fingerprint density at radius 2 is 2.04 bits per heavy atom. The lowest BCUT2D eigenvalue weighted by Gasteiger charge is -2.26. The van der Waals surface area contributed by atoms with E-state index in [1.807, 2.05) is 36.4 Å². The second-order valence-corrected chi connectivity index (χ2v) is 7.21. The Morgan fingerprint density at radius 1 is 1.26 bits per heavy atom. The number of carbonyl (C=O) groups excluding carboxylic acids is 1. The second-order valence-electron chi connectivity index (χ2n) is 7.21. The first-order valence-corrected chi connectivity index (χ1v) is 9.18. The first-order chi connectivity index (χ1) is 13.0. The summed E-state index contributed by atoms with van der Waals surface area (Å²) in [6.45, 7) is 5.16. The zero-order chi connectivity index (χ0) is 19.1. The third-order valence-electron chi connectivity index (χ3n) is 5.06. The molecule has 1 aliphatic rings. The normalized spacial score (nSPS) is 14.8. The largest absolute Gasteiger partial charge is 0.333 e. The maximum atomic E-state index is 12.9. The summed E-state index contributed by atoms with van der Waals surface area (Å²) in [7, 11) is 1.80. The summed E-state index contributed by atoms with van der Waals surface area (Å²) < 4.78 is 3.36. The topological polar surface area (TPSA) is 75.9 Å². The lowest BCUT2D eigenvalue weighted by atomic mass is 10.1. The Labute approximate surface area is 156 Å². The van der Waals surface area contributed by atoms with Crippen molar-refractivity contribution in [2.45, 2.75) is 26.2 Å². The molecule has 7 heteroatoms. The van der Waals surface area contributed by atoms with Gasteiger partial charge in [-0.3, -0.25) is 14.0 Å². The van der Waals surface area contributed by atoms with Crippen molar-refractivity contribution in [1.82, 2.24) is 24.2 Å². The number of fused-ring (bicyclic) bond motifs is 1. The van der Waals surface area contributed by atoms with Crippen molar-refractivity contribution in [2.24, 2.45) is 7.05 Å². The molecule has 0 aliphatic carbocycles. The van der Waals surface area contributed by atoms with Crippen molar-refractivity contribution in [2.75, 3.05) is 13.1 Å². The van der Waals surface area contributed by atoms with Crippen LogP contribution in [0.25, 0.3) is 16.7 Å². The number of para-hydroxylation sites is 2. The molecule has 4 rings (SSSR count). The lowest BCUT2D eigenvalue weighted by molar-refractivity contribution is 0.0761. The van der Waals surface area contributed by atoms with Crippen LogP contribution in [-0.4, -0.2) is 43.2 Å². The van der Waals surface area contributed by atoms with Gasteiger partial charge in [0.1, 0.15) is 5.69 Å². The number of nitrogens with zero attached hydrogens (tertiary/aromatic N) is 4. The van der Waals surface area contributed by atoms with E-state index in [2.05, 4.69) is 23.9 Å². The molecule has 0 radical (unpaired) electrons. The smallest absolute Gasteiger partial charge is 0.330 e. The van der Waals surface area contributed by atoms with Gasteiger partial charge in [0.2, 0.25) is 0 Å². The van der Waals surface area contributed by atoms with Crippen LogP contribution >= 0.6 is 0 Å². The molecular weight excluding hydrogens is 342 g/mol. The number of aromatic nitrogens is 4. The molecule has 140 valence electrons. The molecule has 0 atom stereocenters. The first-order valence-electron chi connectivity index (χ1n) is 9.18. The van der Waals surface area contributed by atoms with E-state index < -0.39 is 0 Å². The molecule has 1 aliphatic heterocycles. The molecule has 1 aromatic carbocycles. The fraction of sp³-hybridized carbons (Fsp3) is 0.350. The molecule has 3 heterocycles. The first kappa shape index (κ1) is 17.3. The lowest BCUT2D eigenvalue weighted by Crippen LogP contribution is -2.37. The van der Waals surface area contributed by atoms with Gasteiger partial charge in [0, 0.05) is 32.3 Å². The van der Waals surface area contributed by atoms with E-state index in [4.69, 9.17) is 0 Å². The van der Waals surface area contributed by atoms with Crippen molar-refractivity contribution >= 4 is 22.6 Å². The van der Waals surface area contributed by atoms with E-state index in [1.165, 1.54) is 0 Å². The Hall–Kier alpha value is -3.09. The van der Waals surface area contributed by atoms with Crippen molar-refractivity contribution in [3.8, 4) is 0 Å². The molecule has 2 aromatic heterocycles. The highest BCUT2D eigenvalue weighted by atomic mass is 16.2. The highest BCUT2D eigenvalue weighted by molar-refractivity contribution is 5.93. The average Bonchev–Trinajstić information content (AvgIpc) is 3.21. The van der Waals surface area contributed by atoms with Gasteiger partial charge in [-0.1, -0.05) is 26.0 Å². The highest BCUT2D eigenvalue weighted by Crippen LogP contribution is 2.22. The Morgan fingerprint density at radius 3 is 2.70 bits per heavy atom. The van der Waals surface area contributed by atoms with Crippen LogP contribution in [0.15, 0.2) is 41.2 Å². The van der Waals surface area contributed by atoms with Crippen molar-refractivity contribution in [1.29, 1.82) is 0 Å². The summed E-state index contributed by atoms with van der Waals surface area (Å²) in [5, 5.41) is 4.43. The van der Waals surface area contributed by atoms with Crippen molar-refractivity contribution in [3.05, 3.63) is 58.3 Å². The van der Waals surface area contributed by atoms with Gasteiger partial charge < -0.3 is 9.88 Å². The van der Waals surface area contributed by atoms with Gasteiger partial charge in [0.05, 0.1) is 16.7 Å². The molecule has 0 fully saturated rings. The molecule has 1 amide bonds. The quantitative estimate of drug-likeness (QED) is 0.775. The van der Waals surface area contributed by atoms with Gasteiger partial charge in [0.25, 0.3) is 5.91 Å². The van der Waals surface area contributed by atoms with Crippen LogP contribution in [0, 0.1) is 0 Å². The number of amides is 1. The number of aryl methyl sites for hydroxylation is 1. The van der Waals surface area contributed by atoms with Gasteiger partial charge in [0.15, 0.2) is 0 Å². The Bertz CT molecular complexity index is 1100. The summed E-state index contributed by atoms with van der Waals surface area (Å²) in [5.74, 6) is 0.248. The number of carbonyl (C=O) groups is 1. The average molecular weight is 365 g/mol. The summed E-state index contributed by atoms with van der Waals surface area (Å²) in [6.07, 6.45) is 2.59. The van der Waals surface area contributed by atoms with E-state index >= 15 is 0 Å². The predicted octanol–water partition coefficient (Wildman–Crippen LogP) is 2.57. The van der Waals surface area contributed by atoms with Gasteiger partial charge in [-0.15, -0.1) is 0 Å². The number of nitrogens with one attached hydrogen (secondary N) is 1. The Kier molecular flexibility index (Phi) is 4.22. The number of H-pyrrole nitrogens is 1. The summed E-state index contributed by atoms with van der Waals surface area (Å²) in [4.78, 5) is 29.9. The zero-order valence-corrected chi connectivity index (χ0v) is 15.8.